The molecule has 0 spiro atoms. The maximum atomic E-state index is 14.1. The zero-order valence-electron chi connectivity index (χ0n) is 10.3. The first kappa shape index (κ1) is 13.9. The number of hydrogen-bond donors (Lipinski definition) is 1. The summed E-state index contributed by atoms with van der Waals surface area (Å²) in [5, 5.41) is 0. The second-order valence-corrected chi connectivity index (χ2v) is 8.70. The van der Waals surface area contributed by atoms with Gasteiger partial charge in [0.15, 0.2) is 9.84 Å². The summed E-state index contributed by atoms with van der Waals surface area (Å²) in [6.07, 6.45) is 1.44. The lowest BCUT2D eigenvalue weighted by molar-refractivity contribution is 0.165. The predicted octanol–water partition coefficient (Wildman–Crippen LogP) is 1.81. The van der Waals surface area contributed by atoms with Gasteiger partial charge in [0.25, 0.3) is 0 Å². The van der Waals surface area contributed by atoms with E-state index in [1.807, 2.05) is 0 Å². The molecule has 0 heterocycles. The lowest BCUT2D eigenvalue weighted by atomic mass is 10.0. The van der Waals surface area contributed by atoms with E-state index < -0.39 is 20.3 Å². The van der Waals surface area contributed by atoms with Gasteiger partial charge in [-0.25, -0.2) is 12.8 Å². The van der Waals surface area contributed by atoms with Crippen molar-refractivity contribution >= 4 is 9.84 Å². The van der Waals surface area contributed by atoms with Crippen molar-refractivity contribution in [2.45, 2.75) is 62.9 Å². The second-order valence-electron chi connectivity index (χ2n) is 5.84. The van der Waals surface area contributed by atoms with E-state index in [4.69, 9.17) is 5.73 Å². The van der Waals surface area contributed by atoms with Crippen molar-refractivity contribution in [1.29, 1.82) is 0 Å². The zero-order chi connectivity index (χ0) is 12.6. The molecule has 0 amide bonds. The van der Waals surface area contributed by atoms with Crippen LogP contribution in [0.5, 0.6) is 0 Å². The molecule has 16 heavy (non-hydrogen) atoms. The molecule has 0 bridgehead atoms. The third-order valence-corrected chi connectivity index (χ3v) is 5.95. The van der Waals surface area contributed by atoms with Crippen molar-refractivity contribution < 1.29 is 12.8 Å². The number of nitrogens with two attached hydrogens (primary N) is 1. The maximum absolute atomic E-state index is 14.1. The molecule has 2 unspecified atom stereocenters. The quantitative estimate of drug-likeness (QED) is 0.832. The molecule has 1 aliphatic rings. The van der Waals surface area contributed by atoms with Crippen LogP contribution in [0.15, 0.2) is 0 Å². The van der Waals surface area contributed by atoms with Crippen LogP contribution < -0.4 is 5.73 Å². The van der Waals surface area contributed by atoms with Crippen LogP contribution in [-0.4, -0.2) is 30.6 Å². The fourth-order valence-electron chi connectivity index (χ4n) is 1.97. The highest BCUT2D eigenvalue weighted by atomic mass is 32.2. The molecule has 0 aromatic carbocycles. The Balaban J connectivity index is 2.59. The summed E-state index contributed by atoms with van der Waals surface area (Å²) >= 11 is 0. The largest absolute Gasteiger partial charge is 0.328 e. The molecule has 0 aromatic heterocycles. The fraction of sp³-hybridized carbons (Fsp3) is 1.00. The van der Waals surface area contributed by atoms with Gasteiger partial charge in [-0.2, -0.15) is 0 Å². The van der Waals surface area contributed by atoms with Crippen molar-refractivity contribution in [3.63, 3.8) is 0 Å². The molecule has 0 saturated heterocycles. The molecule has 2 N–H and O–H groups in total. The van der Waals surface area contributed by atoms with Gasteiger partial charge < -0.3 is 5.73 Å². The first-order valence-corrected chi connectivity index (χ1v) is 7.38. The second kappa shape index (κ2) is 4.26. The highest BCUT2D eigenvalue weighted by Crippen LogP contribution is 2.36. The lowest BCUT2D eigenvalue weighted by Crippen LogP contribution is -2.34. The predicted molar refractivity (Wildman–Crippen MR) is 63.8 cm³/mol. The van der Waals surface area contributed by atoms with Gasteiger partial charge in [0.1, 0.15) is 5.67 Å². The van der Waals surface area contributed by atoms with Crippen LogP contribution in [0.3, 0.4) is 0 Å². The Labute approximate surface area is 97.5 Å². The van der Waals surface area contributed by atoms with Crippen molar-refractivity contribution in [2.24, 2.45) is 5.73 Å². The van der Waals surface area contributed by atoms with Gasteiger partial charge in [-0.3, -0.25) is 0 Å². The number of rotatable bonds is 3. The molecular formula is C11H22FNO2S. The van der Waals surface area contributed by atoms with E-state index in [2.05, 4.69) is 0 Å². The van der Waals surface area contributed by atoms with Gasteiger partial charge in [-0.15, -0.1) is 0 Å². The summed E-state index contributed by atoms with van der Waals surface area (Å²) in [6.45, 7) is 4.94. The maximum Gasteiger partial charge on any atom is 0.155 e. The van der Waals surface area contributed by atoms with Crippen molar-refractivity contribution in [1.82, 2.24) is 0 Å². The summed E-state index contributed by atoms with van der Waals surface area (Å²) in [5.41, 5.74) is 4.28. The summed E-state index contributed by atoms with van der Waals surface area (Å²) in [5.74, 6) is -0.0836. The van der Waals surface area contributed by atoms with Crippen LogP contribution in [0.2, 0.25) is 0 Å². The molecule has 3 nitrogen and oxygen atoms in total. The van der Waals surface area contributed by atoms with E-state index >= 15 is 0 Å². The molecule has 2 atom stereocenters. The van der Waals surface area contributed by atoms with E-state index in [1.54, 1.807) is 20.8 Å². The Morgan fingerprint density at radius 1 is 1.44 bits per heavy atom. The van der Waals surface area contributed by atoms with E-state index in [1.165, 1.54) is 0 Å². The van der Waals surface area contributed by atoms with Crippen LogP contribution in [0.1, 0.15) is 46.5 Å². The van der Waals surface area contributed by atoms with E-state index in [0.29, 0.717) is 19.3 Å². The van der Waals surface area contributed by atoms with Gasteiger partial charge >= 0.3 is 0 Å². The lowest BCUT2D eigenvalue weighted by Gasteiger charge is -2.23. The Hall–Kier alpha value is -0.160. The Morgan fingerprint density at radius 2 is 2.00 bits per heavy atom. The third-order valence-electron chi connectivity index (χ3n) is 3.34. The minimum absolute atomic E-state index is 0.0836. The average Bonchev–Trinajstić information content (AvgIpc) is 2.42. The molecular weight excluding hydrogens is 229 g/mol. The van der Waals surface area contributed by atoms with Gasteiger partial charge in [-0.05, 0) is 46.5 Å². The van der Waals surface area contributed by atoms with Crippen LogP contribution in [0.4, 0.5) is 4.39 Å². The molecule has 0 radical (unpaired) electrons. The smallest absolute Gasteiger partial charge is 0.155 e. The average molecular weight is 251 g/mol. The molecule has 1 rings (SSSR count). The highest BCUT2D eigenvalue weighted by Gasteiger charge is 2.40. The van der Waals surface area contributed by atoms with E-state index in [0.717, 1.165) is 0 Å². The first-order valence-electron chi connectivity index (χ1n) is 5.73. The molecule has 1 saturated carbocycles. The minimum Gasteiger partial charge on any atom is -0.328 e. The number of hydrogen-bond acceptors (Lipinski definition) is 3. The van der Waals surface area contributed by atoms with Gasteiger partial charge in [0.2, 0.25) is 0 Å². The topological polar surface area (TPSA) is 60.2 Å². The Morgan fingerprint density at radius 3 is 2.38 bits per heavy atom. The molecule has 0 aromatic rings. The molecule has 5 heteroatoms. The van der Waals surface area contributed by atoms with Gasteiger partial charge in [0.05, 0.1) is 10.5 Å². The summed E-state index contributed by atoms with van der Waals surface area (Å²) in [4.78, 5) is 0. The van der Waals surface area contributed by atoms with Crippen molar-refractivity contribution in [3.8, 4) is 0 Å². The SMILES string of the molecule is CC(C)(C)S(=O)(=O)CCC1(F)CCC(N)C1. The molecule has 1 aliphatic carbocycles. The highest BCUT2D eigenvalue weighted by molar-refractivity contribution is 7.92. The van der Waals surface area contributed by atoms with Crippen LogP contribution in [0, 0.1) is 0 Å². The first-order chi connectivity index (χ1) is 7.06. The number of alkyl halides is 1. The number of halogens is 1. The van der Waals surface area contributed by atoms with E-state index in [-0.39, 0.29) is 18.2 Å². The van der Waals surface area contributed by atoms with Crippen molar-refractivity contribution in [2.75, 3.05) is 5.75 Å². The molecule has 96 valence electrons. The fourth-order valence-corrected chi connectivity index (χ4v) is 3.22. The summed E-state index contributed by atoms with van der Waals surface area (Å²) in [6, 6.07) is -0.109. The zero-order valence-corrected chi connectivity index (χ0v) is 11.1. The normalized spacial score (nSPS) is 31.9. The van der Waals surface area contributed by atoms with Crippen LogP contribution in [-0.2, 0) is 9.84 Å². The molecule has 0 aliphatic heterocycles. The van der Waals surface area contributed by atoms with E-state index in [9.17, 15) is 12.8 Å². The van der Waals surface area contributed by atoms with Crippen LogP contribution in [0.25, 0.3) is 0 Å². The standard InChI is InChI=1S/C11H22FNO2S/c1-10(2,3)16(14,15)7-6-11(12)5-4-9(13)8-11/h9H,4-8,13H2,1-3H3. The summed E-state index contributed by atoms with van der Waals surface area (Å²) < 4.78 is 37.0. The Kier molecular flexibility index (Phi) is 3.70. The monoisotopic (exact) mass is 251 g/mol. The van der Waals surface area contributed by atoms with Gasteiger partial charge in [-0.1, -0.05) is 0 Å². The van der Waals surface area contributed by atoms with Gasteiger partial charge in [0, 0.05) is 6.04 Å². The third kappa shape index (κ3) is 3.17. The molecule has 1 fully saturated rings. The van der Waals surface area contributed by atoms with Crippen molar-refractivity contribution in [3.05, 3.63) is 0 Å². The van der Waals surface area contributed by atoms with Crippen LogP contribution >= 0.6 is 0 Å². The number of sulfone groups is 1. The Bertz CT molecular complexity index is 347. The minimum atomic E-state index is -3.22. The summed E-state index contributed by atoms with van der Waals surface area (Å²) in [7, 11) is -3.22.